The van der Waals surface area contributed by atoms with Crippen molar-refractivity contribution >= 4 is 13.2 Å². The fourth-order valence-electron chi connectivity index (χ4n) is 2.53. The second-order valence-electron chi connectivity index (χ2n) is 6.53. The molecule has 0 saturated carbocycles. The molecular weight excluding hydrogens is 295 g/mol. The molecule has 3 rings (SSSR count). The minimum absolute atomic E-state index is 0.0497. The molecule has 114 valence electrons. The van der Waals surface area contributed by atoms with Crippen LogP contribution in [0.15, 0.2) is 54.3 Å². The number of hydrogen-bond acceptors (Lipinski definition) is 2. The van der Waals surface area contributed by atoms with Crippen LogP contribution >= 0.6 is 7.60 Å². The first-order valence-corrected chi connectivity index (χ1v) is 8.86. The quantitative estimate of drug-likeness (QED) is 0.757. The average Bonchev–Trinajstić information content (AvgIpc) is 2.44. The Labute approximate surface area is 130 Å². The normalized spacial score (nSPS) is 20.8. The highest BCUT2D eigenvalue weighted by molar-refractivity contribution is 7.57. The second kappa shape index (κ2) is 5.12. The minimum atomic E-state index is -3.77. The first kappa shape index (κ1) is 15.1. The van der Waals surface area contributed by atoms with Crippen LogP contribution < -0.4 is 4.52 Å². The molecule has 1 N–H and O–H groups in total. The van der Waals surface area contributed by atoms with E-state index in [1.807, 2.05) is 48.5 Å². The molecule has 0 aliphatic carbocycles. The Bertz CT molecular complexity index is 786. The van der Waals surface area contributed by atoms with Crippen LogP contribution in [0.25, 0.3) is 5.57 Å². The highest BCUT2D eigenvalue weighted by Crippen LogP contribution is 2.54. The van der Waals surface area contributed by atoms with Gasteiger partial charge in [0.25, 0.3) is 0 Å². The highest BCUT2D eigenvalue weighted by atomic mass is 31.2. The van der Waals surface area contributed by atoms with E-state index in [-0.39, 0.29) is 5.41 Å². The zero-order chi connectivity index (χ0) is 16.0. The van der Waals surface area contributed by atoms with Gasteiger partial charge in [0.1, 0.15) is 5.75 Å². The highest BCUT2D eigenvalue weighted by Gasteiger charge is 2.29. The third-order valence-electron chi connectivity index (χ3n) is 3.74. The summed E-state index contributed by atoms with van der Waals surface area (Å²) in [4.78, 5) is 10.0. The van der Waals surface area contributed by atoms with Crippen molar-refractivity contribution in [2.24, 2.45) is 0 Å². The fraction of sp³-hybridized carbons (Fsp3) is 0.222. The molecule has 1 aliphatic heterocycles. The van der Waals surface area contributed by atoms with Crippen molar-refractivity contribution < 1.29 is 14.0 Å². The third-order valence-corrected chi connectivity index (χ3v) is 4.79. The number of rotatable bonds is 1. The maximum absolute atomic E-state index is 12.2. The number of benzene rings is 2. The van der Waals surface area contributed by atoms with Crippen molar-refractivity contribution in [1.29, 1.82) is 0 Å². The second-order valence-corrected chi connectivity index (χ2v) is 8.09. The van der Waals surface area contributed by atoms with Gasteiger partial charge in [-0.05, 0) is 22.6 Å². The van der Waals surface area contributed by atoms with Gasteiger partial charge < -0.3 is 9.42 Å². The molecule has 0 radical (unpaired) electrons. The first-order chi connectivity index (χ1) is 10.3. The molecule has 1 heterocycles. The van der Waals surface area contributed by atoms with Crippen molar-refractivity contribution in [3.05, 3.63) is 71.0 Å². The van der Waals surface area contributed by atoms with Crippen molar-refractivity contribution in [2.75, 3.05) is 0 Å². The van der Waals surface area contributed by atoms with Gasteiger partial charge in [-0.25, -0.2) is 4.57 Å². The van der Waals surface area contributed by atoms with E-state index in [4.69, 9.17) is 4.52 Å². The van der Waals surface area contributed by atoms with E-state index in [0.717, 1.165) is 22.3 Å². The molecule has 4 heteroatoms. The van der Waals surface area contributed by atoms with Gasteiger partial charge in [0.15, 0.2) is 0 Å². The molecule has 2 aromatic rings. The lowest BCUT2D eigenvalue weighted by Gasteiger charge is -2.26. The van der Waals surface area contributed by atoms with Gasteiger partial charge in [-0.2, -0.15) is 0 Å². The van der Waals surface area contributed by atoms with E-state index in [9.17, 15) is 9.46 Å². The molecule has 1 atom stereocenters. The molecule has 2 aromatic carbocycles. The summed E-state index contributed by atoms with van der Waals surface area (Å²) >= 11 is 0. The summed E-state index contributed by atoms with van der Waals surface area (Å²) < 4.78 is 17.5. The Morgan fingerprint density at radius 1 is 1.05 bits per heavy atom. The number of hydrogen-bond donors (Lipinski definition) is 1. The van der Waals surface area contributed by atoms with Gasteiger partial charge in [-0.1, -0.05) is 63.2 Å². The minimum Gasteiger partial charge on any atom is -0.421 e. The summed E-state index contributed by atoms with van der Waals surface area (Å²) in [5.41, 5.74) is 3.52. The molecule has 22 heavy (non-hydrogen) atoms. The molecule has 0 fully saturated rings. The maximum atomic E-state index is 12.2. The lowest BCUT2D eigenvalue weighted by Crippen LogP contribution is -2.12. The van der Waals surface area contributed by atoms with Gasteiger partial charge in [-0.15, -0.1) is 0 Å². The van der Waals surface area contributed by atoms with E-state index in [1.54, 1.807) is 0 Å². The van der Waals surface area contributed by atoms with Crippen LogP contribution in [0.4, 0.5) is 0 Å². The molecule has 0 spiro atoms. The molecule has 0 saturated heterocycles. The number of fused-ring (bicyclic) bond motifs is 1. The predicted molar refractivity (Wildman–Crippen MR) is 89.1 cm³/mol. The molecule has 0 amide bonds. The molecule has 0 aromatic heterocycles. The fourth-order valence-corrected chi connectivity index (χ4v) is 3.63. The molecule has 1 unspecified atom stereocenters. The summed E-state index contributed by atoms with van der Waals surface area (Å²) in [5.74, 6) is 1.81. The lowest BCUT2D eigenvalue weighted by atomic mass is 9.85. The summed E-state index contributed by atoms with van der Waals surface area (Å²) in [6.07, 6.45) is 0. The van der Waals surface area contributed by atoms with Gasteiger partial charge in [-0.3, -0.25) is 0 Å². The SMILES string of the molecule is CC(C)(C)c1ccc2c(c1)OP(=O)(O)C=C2c1ccccc1. The average molecular weight is 314 g/mol. The molecular formula is C18H19O3P. The smallest absolute Gasteiger partial charge is 0.401 e. The van der Waals surface area contributed by atoms with E-state index in [0.29, 0.717) is 5.75 Å². The topological polar surface area (TPSA) is 46.5 Å². The van der Waals surface area contributed by atoms with Crippen LogP contribution in [0, 0.1) is 0 Å². The molecule has 1 aliphatic rings. The summed E-state index contributed by atoms with van der Waals surface area (Å²) in [5, 5.41) is 0. The Morgan fingerprint density at radius 2 is 1.73 bits per heavy atom. The van der Waals surface area contributed by atoms with E-state index >= 15 is 0 Å². The van der Waals surface area contributed by atoms with Gasteiger partial charge >= 0.3 is 7.60 Å². The third kappa shape index (κ3) is 2.87. The Morgan fingerprint density at radius 3 is 2.36 bits per heavy atom. The van der Waals surface area contributed by atoms with Crippen molar-refractivity contribution in [3.8, 4) is 5.75 Å². The summed E-state index contributed by atoms with van der Waals surface area (Å²) in [6, 6.07) is 15.5. The maximum Gasteiger partial charge on any atom is 0.401 e. The Hall–Kier alpha value is -1.83. The monoisotopic (exact) mass is 314 g/mol. The standard InChI is InChI=1S/C18H19O3P/c1-18(2,3)14-9-10-15-16(13-7-5-4-6-8-13)12-22(19,20)21-17(15)11-14/h4-12H,1-3H3,(H,19,20). The van der Waals surface area contributed by atoms with Crippen LogP contribution in [0.5, 0.6) is 5.75 Å². The van der Waals surface area contributed by atoms with Crippen molar-refractivity contribution in [2.45, 2.75) is 26.2 Å². The Balaban J connectivity index is 2.18. The summed E-state index contributed by atoms with van der Waals surface area (Å²) in [7, 11) is -3.77. The zero-order valence-corrected chi connectivity index (χ0v) is 13.8. The van der Waals surface area contributed by atoms with Gasteiger partial charge in [0.05, 0.1) is 0 Å². The van der Waals surface area contributed by atoms with Crippen LogP contribution in [0.1, 0.15) is 37.5 Å². The van der Waals surface area contributed by atoms with Crippen LogP contribution in [-0.2, 0) is 9.98 Å². The molecule has 3 nitrogen and oxygen atoms in total. The summed E-state index contributed by atoms with van der Waals surface area (Å²) in [6.45, 7) is 6.30. The van der Waals surface area contributed by atoms with E-state index < -0.39 is 7.60 Å². The van der Waals surface area contributed by atoms with Crippen molar-refractivity contribution in [3.63, 3.8) is 0 Å². The van der Waals surface area contributed by atoms with Crippen LogP contribution in [-0.4, -0.2) is 4.89 Å². The first-order valence-electron chi connectivity index (χ1n) is 7.21. The lowest BCUT2D eigenvalue weighted by molar-refractivity contribution is 0.389. The van der Waals surface area contributed by atoms with Gasteiger partial charge in [0.2, 0.25) is 0 Å². The predicted octanol–water partition coefficient (Wildman–Crippen LogP) is 4.95. The van der Waals surface area contributed by atoms with E-state index in [2.05, 4.69) is 20.8 Å². The van der Waals surface area contributed by atoms with E-state index in [1.165, 1.54) is 5.82 Å². The largest absolute Gasteiger partial charge is 0.421 e. The Kier molecular flexibility index (Phi) is 3.51. The molecule has 0 bridgehead atoms. The zero-order valence-electron chi connectivity index (χ0n) is 12.9. The van der Waals surface area contributed by atoms with Gasteiger partial charge in [0, 0.05) is 17.0 Å². The van der Waals surface area contributed by atoms with Crippen LogP contribution in [0.3, 0.4) is 0 Å². The van der Waals surface area contributed by atoms with Crippen molar-refractivity contribution in [1.82, 2.24) is 0 Å². The van der Waals surface area contributed by atoms with Crippen LogP contribution in [0.2, 0.25) is 0 Å².